The van der Waals surface area contributed by atoms with Crippen LogP contribution >= 0.6 is 23.2 Å². The van der Waals surface area contributed by atoms with Gasteiger partial charge in [0, 0.05) is 21.3 Å². The molecular weight excluding hydrogens is 321 g/mol. The fourth-order valence-electron chi connectivity index (χ4n) is 2.57. The van der Waals surface area contributed by atoms with Crippen LogP contribution in [-0.2, 0) is 9.53 Å². The van der Waals surface area contributed by atoms with E-state index in [-0.39, 0.29) is 5.91 Å². The lowest BCUT2D eigenvalue weighted by Crippen LogP contribution is -2.30. The maximum atomic E-state index is 12.6. The Morgan fingerprint density at radius 3 is 2.45 bits per heavy atom. The second-order valence-corrected chi connectivity index (χ2v) is 6.00. The Morgan fingerprint density at radius 1 is 1.09 bits per heavy atom. The van der Waals surface area contributed by atoms with E-state index in [4.69, 9.17) is 27.9 Å². The number of benzene rings is 2. The minimum atomic E-state index is -0.475. The summed E-state index contributed by atoms with van der Waals surface area (Å²) in [5, 5.41) is 1.24. The number of halogens is 2. The quantitative estimate of drug-likeness (QED) is 0.803. The van der Waals surface area contributed by atoms with Crippen molar-refractivity contribution in [2.45, 2.75) is 25.7 Å². The zero-order chi connectivity index (χ0) is 15.7. The second kappa shape index (κ2) is 6.29. The molecule has 5 heteroatoms. The molecule has 0 aliphatic carbocycles. The Labute approximate surface area is 139 Å². The molecule has 2 unspecified atom stereocenters. The van der Waals surface area contributed by atoms with Crippen molar-refractivity contribution in [3.63, 3.8) is 0 Å². The number of ether oxygens (including phenoxy) is 1. The van der Waals surface area contributed by atoms with Gasteiger partial charge in [-0.3, -0.25) is 9.69 Å². The summed E-state index contributed by atoms with van der Waals surface area (Å²) in [7, 11) is 0. The van der Waals surface area contributed by atoms with Crippen molar-refractivity contribution < 1.29 is 9.53 Å². The van der Waals surface area contributed by atoms with Gasteiger partial charge in [0.05, 0.1) is 0 Å². The first kappa shape index (κ1) is 15.3. The Morgan fingerprint density at radius 2 is 1.82 bits per heavy atom. The zero-order valence-electron chi connectivity index (χ0n) is 12.0. The molecule has 0 bridgehead atoms. The molecule has 114 valence electrons. The third-order valence-corrected chi connectivity index (χ3v) is 4.14. The van der Waals surface area contributed by atoms with E-state index >= 15 is 0 Å². The third kappa shape index (κ3) is 2.84. The molecule has 2 aromatic carbocycles. The molecule has 2 aromatic rings. The average Bonchev–Trinajstić information content (AvgIpc) is 2.85. The third-order valence-electron chi connectivity index (χ3n) is 3.65. The van der Waals surface area contributed by atoms with Crippen LogP contribution < -0.4 is 4.90 Å². The van der Waals surface area contributed by atoms with Crippen LogP contribution in [0.15, 0.2) is 48.5 Å². The van der Waals surface area contributed by atoms with Gasteiger partial charge in [0.15, 0.2) is 6.23 Å². The summed E-state index contributed by atoms with van der Waals surface area (Å²) in [5.41, 5.74) is 1.61. The number of rotatable bonds is 3. The topological polar surface area (TPSA) is 29.5 Å². The predicted molar refractivity (Wildman–Crippen MR) is 88.3 cm³/mol. The Bertz CT molecular complexity index is 687. The molecule has 0 aromatic heterocycles. The van der Waals surface area contributed by atoms with E-state index in [9.17, 15) is 4.79 Å². The number of carbonyl (C=O) groups excluding carboxylic acids is 1. The van der Waals surface area contributed by atoms with Crippen LogP contribution in [0, 0.1) is 0 Å². The molecule has 0 saturated carbocycles. The monoisotopic (exact) mass is 335 g/mol. The molecule has 1 fully saturated rings. The number of anilines is 1. The van der Waals surface area contributed by atoms with Gasteiger partial charge in [-0.05, 0) is 42.8 Å². The van der Waals surface area contributed by atoms with E-state index in [0.717, 1.165) is 11.3 Å². The van der Waals surface area contributed by atoms with E-state index in [0.29, 0.717) is 16.5 Å². The second-order valence-electron chi connectivity index (χ2n) is 5.12. The normalized spacial score (nSPS) is 21.4. The average molecular weight is 336 g/mol. The molecule has 1 saturated heterocycles. The Balaban J connectivity index is 2.02. The molecule has 0 radical (unpaired) electrons. The van der Waals surface area contributed by atoms with Crippen molar-refractivity contribution in [3.05, 3.63) is 64.1 Å². The summed E-state index contributed by atoms with van der Waals surface area (Å²) in [6.07, 6.45) is -0.294. The highest BCUT2D eigenvalue weighted by Crippen LogP contribution is 2.37. The van der Waals surface area contributed by atoms with Crippen molar-refractivity contribution in [2.24, 2.45) is 0 Å². The summed E-state index contributed by atoms with van der Waals surface area (Å²) in [6.45, 7) is 1.93. The number of hydrogen-bond donors (Lipinski definition) is 0. The molecule has 3 rings (SSSR count). The van der Waals surface area contributed by atoms with E-state index in [1.165, 1.54) is 0 Å². The minimum Gasteiger partial charge on any atom is -0.341 e. The number of nitrogens with zero attached hydrogens (tertiary/aromatic N) is 1. The SMILES string of the molecule is CCC1OC(c2cccc(Cl)c2)N(c2ccc(Cl)cc2)C1=O. The first-order valence-electron chi connectivity index (χ1n) is 7.09. The first-order valence-corrected chi connectivity index (χ1v) is 7.85. The Kier molecular flexibility index (Phi) is 4.39. The smallest absolute Gasteiger partial charge is 0.258 e. The van der Waals surface area contributed by atoms with Crippen LogP contribution in [0.5, 0.6) is 0 Å². The highest BCUT2D eigenvalue weighted by molar-refractivity contribution is 6.31. The molecule has 1 heterocycles. The van der Waals surface area contributed by atoms with Crippen molar-refractivity contribution in [3.8, 4) is 0 Å². The fraction of sp³-hybridized carbons (Fsp3) is 0.235. The molecule has 1 aliphatic heterocycles. The lowest BCUT2D eigenvalue weighted by Gasteiger charge is -2.23. The summed E-state index contributed by atoms with van der Waals surface area (Å²) in [4.78, 5) is 14.3. The molecule has 0 N–H and O–H groups in total. The van der Waals surface area contributed by atoms with E-state index < -0.39 is 12.3 Å². The number of amides is 1. The summed E-state index contributed by atoms with van der Waals surface area (Å²) in [5.74, 6) is -0.0465. The molecule has 0 spiro atoms. The van der Waals surface area contributed by atoms with Crippen LogP contribution in [0.2, 0.25) is 10.0 Å². The Hall–Kier alpha value is -1.55. The van der Waals surface area contributed by atoms with Crippen LogP contribution in [0.1, 0.15) is 25.1 Å². The van der Waals surface area contributed by atoms with E-state index in [1.807, 2.05) is 37.3 Å². The maximum absolute atomic E-state index is 12.6. The maximum Gasteiger partial charge on any atom is 0.258 e. The minimum absolute atomic E-state index is 0.0465. The van der Waals surface area contributed by atoms with Crippen molar-refractivity contribution >= 4 is 34.8 Å². The largest absolute Gasteiger partial charge is 0.341 e. The standard InChI is InChI=1S/C17H15Cl2NO2/c1-2-15-16(21)20(14-8-6-12(18)7-9-14)17(22-15)11-4-3-5-13(19)10-11/h3-10,15,17H,2H2,1H3. The van der Waals surface area contributed by atoms with Crippen LogP contribution in [0.25, 0.3) is 0 Å². The number of carbonyl (C=O) groups is 1. The zero-order valence-corrected chi connectivity index (χ0v) is 13.5. The molecule has 2 atom stereocenters. The van der Waals surface area contributed by atoms with Gasteiger partial charge in [-0.15, -0.1) is 0 Å². The molecule has 22 heavy (non-hydrogen) atoms. The number of hydrogen-bond acceptors (Lipinski definition) is 2. The fourth-order valence-corrected chi connectivity index (χ4v) is 2.89. The van der Waals surface area contributed by atoms with Crippen molar-refractivity contribution in [2.75, 3.05) is 4.90 Å². The van der Waals surface area contributed by atoms with Crippen LogP contribution in [0.4, 0.5) is 5.69 Å². The van der Waals surface area contributed by atoms with Gasteiger partial charge in [0.1, 0.15) is 6.10 Å². The van der Waals surface area contributed by atoms with Gasteiger partial charge in [-0.2, -0.15) is 0 Å². The van der Waals surface area contributed by atoms with Crippen molar-refractivity contribution in [1.82, 2.24) is 0 Å². The summed E-state index contributed by atoms with van der Waals surface area (Å²) in [6, 6.07) is 14.5. The summed E-state index contributed by atoms with van der Waals surface area (Å²) >= 11 is 12.0. The summed E-state index contributed by atoms with van der Waals surface area (Å²) < 4.78 is 5.95. The highest BCUT2D eigenvalue weighted by atomic mass is 35.5. The lowest BCUT2D eigenvalue weighted by atomic mass is 10.1. The van der Waals surface area contributed by atoms with Gasteiger partial charge in [-0.25, -0.2) is 0 Å². The van der Waals surface area contributed by atoms with E-state index in [2.05, 4.69) is 0 Å². The predicted octanol–water partition coefficient (Wildman–Crippen LogP) is 4.83. The van der Waals surface area contributed by atoms with Gasteiger partial charge in [-0.1, -0.05) is 42.3 Å². The van der Waals surface area contributed by atoms with Crippen molar-refractivity contribution in [1.29, 1.82) is 0 Å². The molecule has 1 aliphatic rings. The molecular formula is C17H15Cl2NO2. The lowest BCUT2D eigenvalue weighted by molar-refractivity contribution is -0.122. The van der Waals surface area contributed by atoms with Gasteiger partial charge in [0.25, 0.3) is 5.91 Å². The van der Waals surface area contributed by atoms with Crippen LogP contribution in [0.3, 0.4) is 0 Å². The molecule has 3 nitrogen and oxygen atoms in total. The van der Waals surface area contributed by atoms with Gasteiger partial charge >= 0.3 is 0 Å². The highest BCUT2D eigenvalue weighted by Gasteiger charge is 2.41. The van der Waals surface area contributed by atoms with E-state index in [1.54, 1.807) is 23.1 Å². The van der Waals surface area contributed by atoms with Crippen LogP contribution in [-0.4, -0.2) is 12.0 Å². The van der Waals surface area contributed by atoms with Gasteiger partial charge in [0.2, 0.25) is 0 Å². The van der Waals surface area contributed by atoms with Gasteiger partial charge < -0.3 is 4.74 Å². The first-order chi connectivity index (χ1) is 10.6. The molecule has 1 amide bonds.